The molecule has 2 fully saturated rings. The molecule has 0 radical (unpaired) electrons. The number of ether oxygens (including phenoxy) is 1. The first-order chi connectivity index (χ1) is 6.62. The second kappa shape index (κ2) is 2.41. The number of hydrogen-bond donors (Lipinski definition) is 0. The summed E-state index contributed by atoms with van der Waals surface area (Å²) < 4.78 is 5.20. The Balaban J connectivity index is 2.04. The molecule has 4 atom stereocenters. The van der Waals surface area contributed by atoms with Crippen LogP contribution in [0.2, 0.25) is 0 Å². The maximum atomic E-state index is 11.6. The summed E-state index contributed by atoms with van der Waals surface area (Å²) in [4.78, 5) is 11.6. The van der Waals surface area contributed by atoms with Crippen LogP contribution in [-0.4, -0.2) is 12.6 Å². The minimum atomic E-state index is 0.0549. The van der Waals surface area contributed by atoms with Crippen LogP contribution in [0.25, 0.3) is 0 Å². The number of cyclic esters (lactones) is 1. The van der Waals surface area contributed by atoms with Crippen molar-refractivity contribution in [1.82, 2.24) is 0 Å². The summed E-state index contributed by atoms with van der Waals surface area (Å²) >= 11 is 0. The first-order valence-electron chi connectivity index (χ1n) is 5.45. The van der Waals surface area contributed by atoms with Gasteiger partial charge in [0, 0.05) is 5.92 Å². The largest absolute Gasteiger partial charge is 0.465 e. The van der Waals surface area contributed by atoms with Crippen LogP contribution >= 0.6 is 0 Å². The van der Waals surface area contributed by atoms with Crippen LogP contribution in [0.1, 0.15) is 20.3 Å². The van der Waals surface area contributed by atoms with Crippen LogP contribution in [0.5, 0.6) is 0 Å². The fraction of sp³-hybridized carbons (Fsp3) is 0.750. The van der Waals surface area contributed by atoms with Gasteiger partial charge in [-0.25, -0.2) is 0 Å². The Morgan fingerprint density at radius 3 is 3.07 bits per heavy atom. The number of esters is 1. The van der Waals surface area contributed by atoms with E-state index in [2.05, 4.69) is 26.0 Å². The van der Waals surface area contributed by atoms with Crippen molar-refractivity contribution in [1.29, 1.82) is 0 Å². The Bertz CT molecular complexity index is 316. The van der Waals surface area contributed by atoms with Gasteiger partial charge in [0.25, 0.3) is 0 Å². The monoisotopic (exact) mass is 192 g/mol. The van der Waals surface area contributed by atoms with Crippen LogP contribution in [0.3, 0.4) is 0 Å². The first kappa shape index (κ1) is 8.51. The molecule has 0 aromatic rings. The highest BCUT2D eigenvalue weighted by atomic mass is 16.5. The van der Waals surface area contributed by atoms with Gasteiger partial charge in [-0.2, -0.15) is 0 Å². The third-order valence-corrected chi connectivity index (χ3v) is 4.60. The Kier molecular flexibility index (Phi) is 1.47. The first-order valence-corrected chi connectivity index (χ1v) is 5.45. The lowest BCUT2D eigenvalue weighted by Gasteiger charge is -2.29. The lowest BCUT2D eigenvalue weighted by Crippen LogP contribution is -2.26. The SMILES string of the molecule is CC1(C)[C@@H]2COC(=O)[C@@H]2[C@@H]2CC=C[C@@H]21. The molecule has 0 bridgehead atoms. The highest BCUT2D eigenvalue weighted by Gasteiger charge is 2.60. The van der Waals surface area contributed by atoms with Gasteiger partial charge < -0.3 is 4.74 Å². The molecule has 0 spiro atoms. The maximum Gasteiger partial charge on any atom is 0.309 e. The van der Waals surface area contributed by atoms with Crippen molar-refractivity contribution in [3.05, 3.63) is 12.2 Å². The van der Waals surface area contributed by atoms with Gasteiger partial charge in [0.1, 0.15) is 0 Å². The molecule has 0 amide bonds. The Labute approximate surface area is 84.3 Å². The predicted molar refractivity (Wildman–Crippen MR) is 52.5 cm³/mol. The zero-order valence-corrected chi connectivity index (χ0v) is 8.69. The van der Waals surface area contributed by atoms with E-state index in [4.69, 9.17) is 4.74 Å². The summed E-state index contributed by atoms with van der Waals surface area (Å²) in [6, 6.07) is 0. The van der Waals surface area contributed by atoms with Crippen LogP contribution in [0.4, 0.5) is 0 Å². The fourth-order valence-electron chi connectivity index (χ4n) is 3.78. The third-order valence-electron chi connectivity index (χ3n) is 4.60. The molecule has 2 heteroatoms. The van der Waals surface area contributed by atoms with E-state index in [9.17, 15) is 4.79 Å². The van der Waals surface area contributed by atoms with Crippen molar-refractivity contribution in [2.45, 2.75) is 20.3 Å². The van der Waals surface area contributed by atoms with Crippen molar-refractivity contribution in [3.8, 4) is 0 Å². The molecular formula is C12H16O2. The van der Waals surface area contributed by atoms with Crippen LogP contribution in [0, 0.1) is 29.1 Å². The van der Waals surface area contributed by atoms with E-state index in [0.717, 1.165) is 6.42 Å². The van der Waals surface area contributed by atoms with Gasteiger partial charge in [0.15, 0.2) is 0 Å². The van der Waals surface area contributed by atoms with Crippen molar-refractivity contribution in [2.24, 2.45) is 29.1 Å². The minimum absolute atomic E-state index is 0.0549. The summed E-state index contributed by atoms with van der Waals surface area (Å²) in [7, 11) is 0. The fourth-order valence-corrected chi connectivity index (χ4v) is 3.78. The molecule has 0 aromatic heterocycles. The van der Waals surface area contributed by atoms with E-state index in [1.807, 2.05) is 0 Å². The highest BCUT2D eigenvalue weighted by Crippen LogP contribution is 2.60. The topological polar surface area (TPSA) is 26.3 Å². The van der Waals surface area contributed by atoms with Gasteiger partial charge in [-0.3, -0.25) is 4.79 Å². The Hall–Kier alpha value is -0.790. The van der Waals surface area contributed by atoms with E-state index >= 15 is 0 Å². The van der Waals surface area contributed by atoms with E-state index in [-0.39, 0.29) is 17.3 Å². The summed E-state index contributed by atoms with van der Waals surface area (Å²) in [5, 5.41) is 0. The second-order valence-electron chi connectivity index (χ2n) is 5.44. The molecule has 0 N–H and O–H groups in total. The molecule has 76 valence electrons. The number of fused-ring (bicyclic) bond motifs is 3. The molecule has 2 nitrogen and oxygen atoms in total. The third kappa shape index (κ3) is 0.800. The van der Waals surface area contributed by atoms with Gasteiger partial charge in [0.05, 0.1) is 12.5 Å². The van der Waals surface area contributed by atoms with Gasteiger partial charge in [-0.05, 0) is 23.7 Å². The molecular weight excluding hydrogens is 176 g/mol. The highest BCUT2D eigenvalue weighted by molar-refractivity contribution is 5.76. The number of rotatable bonds is 0. The van der Waals surface area contributed by atoms with Crippen molar-refractivity contribution in [2.75, 3.05) is 6.61 Å². The lowest BCUT2D eigenvalue weighted by atomic mass is 9.75. The number of carbonyl (C=O) groups is 1. The van der Waals surface area contributed by atoms with E-state index in [0.29, 0.717) is 24.4 Å². The number of hydrogen-bond acceptors (Lipinski definition) is 2. The quantitative estimate of drug-likeness (QED) is 0.433. The zero-order chi connectivity index (χ0) is 9.92. The molecule has 3 rings (SSSR count). The van der Waals surface area contributed by atoms with Crippen LogP contribution in [0.15, 0.2) is 12.2 Å². The van der Waals surface area contributed by atoms with E-state index < -0.39 is 0 Å². The average molecular weight is 192 g/mol. The molecule has 1 aliphatic heterocycles. The van der Waals surface area contributed by atoms with E-state index in [1.54, 1.807) is 0 Å². The van der Waals surface area contributed by atoms with Crippen molar-refractivity contribution >= 4 is 5.97 Å². The molecule has 1 saturated heterocycles. The molecule has 0 unspecified atom stereocenters. The lowest BCUT2D eigenvalue weighted by molar-refractivity contribution is -0.142. The number of allylic oxidation sites excluding steroid dienone is 2. The summed E-state index contributed by atoms with van der Waals surface area (Å²) in [5.74, 6) is 1.83. The predicted octanol–water partition coefficient (Wildman–Crippen LogP) is 2.01. The van der Waals surface area contributed by atoms with Crippen molar-refractivity contribution in [3.63, 3.8) is 0 Å². The van der Waals surface area contributed by atoms with Gasteiger partial charge >= 0.3 is 5.97 Å². The Morgan fingerprint density at radius 2 is 2.29 bits per heavy atom. The molecule has 1 saturated carbocycles. The number of carbonyl (C=O) groups excluding carboxylic acids is 1. The molecule has 2 aliphatic carbocycles. The molecule has 0 aromatic carbocycles. The molecule has 14 heavy (non-hydrogen) atoms. The van der Waals surface area contributed by atoms with Crippen molar-refractivity contribution < 1.29 is 9.53 Å². The second-order valence-corrected chi connectivity index (χ2v) is 5.44. The van der Waals surface area contributed by atoms with Crippen LogP contribution < -0.4 is 0 Å². The molecule has 1 heterocycles. The van der Waals surface area contributed by atoms with Gasteiger partial charge in [0.2, 0.25) is 0 Å². The Morgan fingerprint density at radius 1 is 1.50 bits per heavy atom. The van der Waals surface area contributed by atoms with Crippen LogP contribution in [-0.2, 0) is 9.53 Å². The standard InChI is InChI=1S/C12H16O2/c1-12(2)8-5-3-4-7(8)10-9(12)6-14-11(10)13/h3,5,7-10H,4,6H2,1-2H3/t7-,8+,9-,10-/m1/s1. The van der Waals surface area contributed by atoms with Gasteiger partial charge in [-0.1, -0.05) is 26.0 Å². The van der Waals surface area contributed by atoms with Gasteiger partial charge in [-0.15, -0.1) is 0 Å². The smallest absolute Gasteiger partial charge is 0.309 e. The maximum absolute atomic E-state index is 11.6. The average Bonchev–Trinajstić information content (AvgIpc) is 2.71. The summed E-state index contributed by atoms with van der Waals surface area (Å²) in [6.07, 6.45) is 5.62. The molecule has 3 aliphatic rings. The summed E-state index contributed by atoms with van der Waals surface area (Å²) in [5.41, 5.74) is 0.245. The zero-order valence-electron chi connectivity index (χ0n) is 8.69. The summed E-state index contributed by atoms with van der Waals surface area (Å²) in [6.45, 7) is 5.22. The van der Waals surface area contributed by atoms with E-state index in [1.165, 1.54) is 0 Å². The minimum Gasteiger partial charge on any atom is -0.465 e. The normalized spacial score (nSPS) is 47.7.